The first-order valence-corrected chi connectivity index (χ1v) is 6.65. The van der Waals surface area contributed by atoms with Gasteiger partial charge in [0, 0.05) is 22.8 Å². The molecule has 1 aromatic heterocycles. The quantitative estimate of drug-likeness (QED) is 0.633. The summed E-state index contributed by atoms with van der Waals surface area (Å²) in [4.78, 5) is 9.17. The molecule has 4 heteroatoms. The lowest BCUT2D eigenvalue weighted by atomic mass is 10.4. The van der Waals surface area contributed by atoms with E-state index in [1.54, 1.807) is 0 Å². The second kappa shape index (κ2) is 6.53. The third-order valence-electron chi connectivity index (χ3n) is 2.55. The van der Waals surface area contributed by atoms with Gasteiger partial charge < -0.3 is 10.6 Å². The van der Waals surface area contributed by atoms with E-state index in [9.17, 15) is 0 Å². The van der Waals surface area contributed by atoms with Gasteiger partial charge in [0.25, 0.3) is 0 Å². The molecule has 3 nitrogen and oxygen atoms in total. The van der Waals surface area contributed by atoms with Crippen molar-refractivity contribution in [1.82, 2.24) is 4.90 Å². The van der Waals surface area contributed by atoms with E-state index >= 15 is 0 Å². The number of hydrogen-bond acceptors (Lipinski definition) is 2. The van der Waals surface area contributed by atoms with Crippen LogP contribution in [0, 0.1) is 0 Å². The van der Waals surface area contributed by atoms with E-state index in [1.807, 2.05) is 11.3 Å². The molecular weight excluding hydrogens is 218 g/mol. The summed E-state index contributed by atoms with van der Waals surface area (Å²) >= 11 is 1.82. The van der Waals surface area contributed by atoms with E-state index in [0.29, 0.717) is 12.5 Å². The SMILES string of the molecule is CCc1ccc(CN=C(N)N(CC)CC)s1. The lowest BCUT2D eigenvalue weighted by molar-refractivity contribution is 0.458. The minimum atomic E-state index is 0.649. The topological polar surface area (TPSA) is 41.6 Å². The maximum Gasteiger partial charge on any atom is 0.191 e. The predicted molar refractivity (Wildman–Crippen MR) is 71.9 cm³/mol. The Morgan fingerprint density at radius 1 is 1.25 bits per heavy atom. The molecule has 1 aromatic rings. The Morgan fingerprint density at radius 2 is 1.88 bits per heavy atom. The van der Waals surface area contributed by atoms with E-state index in [4.69, 9.17) is 5.73 Å². The fourth-order valence-corrected chi connectivity index (χ4v) is 2.39. The summed E-state index contributed by atoms with van der Waals surface area (Å²) in [5.41, 5.74) is 5.91. The van der Waals surface area contributed by atoms with Crippen molar-refractivity contribution in [2.45, 2.75) is 33.7 Å². The molecule has 16 heavy (non-hydrogen) atoms. The van der Waals surface area contributed by atoms with Crippen LogP contribution in [0.25, 0.3) is 0 Å². The molecule has 0 bridgehead atoms. The summed E-state index contributed by atoms with van der Waals surface area (Å²) in [6.45, 7) is 8.88. The van der Waals surface area contributed by atoms with Gasteiger partial charge >= 0.3 is 0 Å². The highest BCUT2D eigenvalue weighted by Crippen LogP contribution is 2.17. The first-order valence-electron chi connectivity index (χ1n) is 5.83. The predicted octanol–water partition coefficient (Wildman–Crippen LogP) is 2.47. The maximum absolute atomic E-state index is 5.91. The van der Waals surface area contributed by atoms with E-state index in [0.717, 1.165) is 19.5 Å². The van der Waals surface area contributed by atoms with Crippen LogP contribution in [0.2, 0.25) is 0 Å². The number of thiophene rings is 1. The molecule has 0 atom stereocenters. The molecule has 0 saturated carbocycles. The Kier molecular flexibility index (Phi) is 5.32. The average molecular weight is 239 g/mol. The fraction of sp³-hybridized carbons (Fsp3) is 0.583. The van der Waals surface area contributed by atoms with Crippen molar-refractivity contribution in [2.24, 2.45) is 10.7 Å². The molecule has 0 aliphatic rings. The molecular formula is C12H21N3S. The molecule has 0 spiro atoms. The summed E-state index contributed by atoms with van der Waals surface area (Å²) in [5, 5.41) is 0. The smallest absolute Gasteiger partial charge is 0.191 e. The minimum Gasteiger partial charge on any atom is -0.370 e. The Hall–Kier alpha value is -1.03. The zero-order valence-corrected chi connectivity index (χ0v) is 11.2. The molecule has 0 radical (unpaired) electrons. The average Bonchev–Trinajstić information content (AvgIpc) is 2.76. The maximum atomic E-state index is 5.91. The van der Waals surface area contributed by atoms with Crippen LogP contribution < -0.4 is 5.73 Å². The monoisotopic (exact) mass is 239 g/mol. The van der Waals surface area contributed by atoms with Gasteiger partial charge in [-0.2, -0.15) is 0 Å². The summed E-state index contributed by atoms with van der Waals surface area (Å²) < 4.78 is 0. The minimum absolute atomic E-state index is 0.649. The fourth-order valence-electron chi connectivity index (χ4n) is 1.50. The van der Waals surface area contributed by atoms with E-state index in [-0.39, 0.29) is 0 Å². The van der Waals surface area contributed by atoms with Crippen molar-refractivity contribution in [3.05, 3.63) is 21.9 Å². The van der Waals surface area contributed by atoms with Gasteiger partial charge in [0.2, 0.25) is 0 Å². The molecule has 0 saturated heterocycles. The van der Waals surface area contributed by atoms with E-state index < -0.39 is 0 Å². The number of rotatable bonds is 5. The number of hydrogen-bond donors (Lipinski definition) is 1. The van der Waals surface area contributed by atoms with Gasteiger partial charge in [0.1, 0.15) is 0 Å². The van der Waals surface area contributed by atoms with Crippen molar-refractivity contribution in [1.29, 1.82) is 0 Å². The molecule has 2 N–H and O–H groups in total. The van der Waals surface area contributed by atoms with Crippen LogP contribution in [0.5, 0.6) is 0 Å². The van der Waals surface area contributed by atoms with Gasteiger partial charge in [0.15, 0.2) is 5.96 Å². The van der Waals surface area contributed by atoms with Gasteiger partial charge in [-0.05, 0) is 32.4 Å². The Morgan fingerprint density at radius 3 is 2.38 bits per heavy atom. The molecule has 1 rings (SSSR count). The molecule has 0 aromatic carbocycles. The molecule has 0 fully saturated rings. The lowest BCUT2D eigenvalue weighted by Crippen LogP contribution is -2.36. The Labute approximate surface area is 102 Å². The highest BCUT2D eigenvalue weighted by atomic mass is 32.1. The highest BCUT2D eigenvalue weighted by Gasteiger charge is 2.02. The van der Waals surface area contributed by atoms with Crippen LogP contribution in [0.1, 0.15) is 30.5 Å². The molecule has 0 unspecified atom stereocenters. The van der Waals surface area contributed by atoms with Crippen molar-refractivity contribution in [3.8, 4) is 0 Å². The largest absolute Gasteiger partial charge is 0.370 e. The van der Waals surface area contributed by atoms with Crippen LogP contribution in [0.3, 0.4) is 0 Å². The summed E-state index contributed by atoms with van der Waals surface area (Å²) in [5.74, 6) is 0.649. The second-order valence-corrected chi connectivity index (χ2v) is 4.82. The Balaban J connectivity index is 2.57. The van der Waals surface area contributed by atoms with Crippen LogP contribution in [0.4, 0.5) is 0 Å². The first-order chi connectivity index (χ1) is 7.71. The van der Waals surface area contributed by atoms with E-state index in [2.05, 4.69) is 42.8 Å². The normalized spacial score (nSPS) is 11.8. The first kappa shape index (κ1) is 13.0. The lowest BCUT2D eigenvalue weighted by Gasteiger charge is -2.19. The summed E-state index contributed by atoms with van der Waals surface area (Å²) in [6.07, 6.45) is 1.10. The molecule has 0 aliphatic heterocycles. The molecule has 0 amide bonds. The molecule has 0 aliphatic carbocycles. The molecule has 1 heterocycles. The number of nitrogens with two attached hydrogens (primary N) is 1. The van der Waals surface area contributed by atoms with Crippen molar-refractivity contribution in [2.75, 3.05) is 13.1 Å². The number of aliphatic imine (C=N–C) groups is 1. The standard InChI is InChI=1S/C12H21N3S/c1-4-10-7-8-11(16-10)9-14-12(13)15(5-2)6-3/h7-8H,4-6,9H2,1-3H3,(H2,13,14). The zero-order valence-electron chi connectivity index (χ0n) is 10.4. The van der Waals surface area contributed by atoms with Crippen LogP contribution in [-0.4, -0.2) is 23.9 Å². The van der Waals surface area contributed by atoms with Crippen molar-refractivity contribution < 1.29 is 0 Å². The van der Waals surface area contributed by atoms with Gasteiger partial charge in [-0.15, -0.1) is 11.3 Å². The van der Waals surface area contributed by atoms with Crippen LogP contribution >= 0.6 is 11.3 Å². The number of nitrogens with zero attached hydrogens (tertiary/aromatic N) is 2. The number of guanidine groups is 1. The summed E-state index contributed by atoms with van der Waals surface area (Å²) in [7, 11) is 0. The second-order valence-electron chi connectivity index (χ2n) is 3.57. The number of aryl methyl sites for hydroxylation is 1. The van der Waals surface area contributed by atoms with Gasteiger partial charge in [-0.25, -0.2) is 4.99 Å². The van der Waals surface area contributed by atoms with E-state index in [1.165, 1.54) is 9.75 Å². The third kappa shape index (κ3) is 3.52. The third-order valence-corrected chi connectivity index (χ3v) is 3.76. The van der Waals surface area contributed by atoms with Gasteiger partial charge in [-0.1, -0.05) is 6.92 Å². The highest BCUT2D eigenvalue weighted by molar-refractivity contribution is 7.11. The molecule has 90 valence electrons. The van der Waals surface area contributed by atoms with Gasteiger partial charge in [0.05, 0.1) is 6.54 Å². The van der Waals surface area contributed by atoms with Gasteiger partial charge in [-0.3, -0.25) is 0 Å². The van der Waals surface area contributed by atoms with Crippen LogP contribution in [-0.2, 0) is 13.0 Å². The zero-order chi connectivity index (χ0) is 12.0. The summed E-state index contributed by atoms with van der Waals surface area (Å²) in [6, 6.07) is 4.31. The van der Waals surface area contributed by atoms with Crippen molar-refractivity contribution >= 4 is 17.3 Å². The Bertz CT molecular complexity index is 340. The van der Waals surface area contributed by atoms with Crippen molar-refractivity contribution in [3.63, 3.8) is 0 Å². The van der Waals surface area contributed by atoms with Crippen LogP contribution in [0.15, 0.2) is 17.1 Å².